The van der Waals surface area contributed by atoms with Crippen molar-refractivity contribution < 1.29 is 0 Å². The lowest BCUT2D eigenvalue weighted by Gasteiger charge is -2.25. The lowest BCUT2D eigenvalue weighted by Crippen LogP contribution is -2.34. The zero-order valence-corrected chi connectivity index (χ0v) is 13.0. The summed E-state index contributed by atoms with van der Waals surface area (Å²) in [5.41, 5.74) is 1.40. The molecule has 20 heavy (non-hydrogen) atoms. The van der Waals surface area contributed by atoms with Crippen LogP contribution in [0, 0.1) is 6.92 Å². The fourth-order valence-corrected chi connectivity index (χ4v) is 2.17. The Morgan fingerprint density at radius 3 is 2.40 bits per heavy atom. The Kier molecular flexibility index (Phi) is 6.22. The third-order valence-corrected chi connectivity index (χ3v) is 3.19. The highest BCUT2D eigenvalue weighted by Crippen LogP contribution is 2.13. The van der Waals surface area contributed by atoms with Crippen molar-refractivity contribution >= 4 is 12.0 Å². The van der Waals surface area contributed by atoms with E-state index in [1.165, 1.54) is 0 Å². The number of hydrogen-bond donors (Lipinski definition) is 0. The molecule has 0 aliphatic heterocycles. The molecular formula is C16H25N3O. The molecule has 110 valence electrons. The molecule has 0 atom stereocenters. The first-order valence-electron chi connectivity index (χ1n) is 7.18. The molecule has 1 heterocycles. The monoisotopic (exact) mass is 275 g/mol. The van der Waals surface area contributed by atoms with E-state index in [2.05, 4.69) is 30.3 Å². The Hall–Kier alpha value is -1.84. The SMILES string of the molecule is C=C/C=C\c1nc(N(CCC)CCC)n(C)c(=O)c1C. The Labute approximate surface area is 121 Å². The Morgan fingerprint density at radius 2 is 1.90 bits per heavy atom. The minimum atomic E-state index is 0.0101. The van der Waals surface area contributed by atoms with Crippen LogP contribution >= 0.6 is 0 Å². The molecule has 0 saturated heterocycles. The van der Waals surface area contributed by atoms with Gasteiger partial charge in [0.2, 0.25) is 5.95 Å². The van der Waals surface area contributed by atoms with Crippen molar-refractivity contribution in [3.63, 3.8) is 0 Å². The van der Waals surface area contributed by atoms with E-state index in [1.807, 2.05) is 19.1 Å². The van der Waals surface area contributed by atoms with Gasteiger partial charge in [-0.05, 0) is 25.8 Å². The van der Waals surface area contributed by atoms with Gasteiger partial charge in [-0.25, -0.2) is 4.98 Å². The van der Waals surface area contributed by atoms with E-state index in [-0.39, 0.29) is 5.56 Å². The summed E-state index contributed by atoms with van der Waals surface area (Å²) < 4.78 is 1.64. The van der Waals surface area contributed by atoms with Crippen molar-refractivity contribution in [1.82, 2.24) is 9.55 Å². The summed E-state index contributed by atoms with van der Waals surface area (Å²) >= 11 is 0. The van der Waals surface area contributed by atoms with E-state index in [1.54, 1.807) is 17.7 Å². The molecule has 0 saturated carbocycles. The maximum atomic E-state index is 12.3. The van der Waals surface area contributed by atoms with Crippen LogP contribution in [0.15, 0.2) is 23.5 Å². The van der Waals surface area contributed by atoms with Gasteiger partial charge in [0.1, 0.15) is 0 Å². The fourth-order valence-electron chi connectivity index (χ4n) is 2.17. The second kappa shape index (κ2) is 7.68. The molecule has 1 aromatic rings. The van der Waals surface area contributed by atoms with E-state index in [0.717, 1.165) is 37.6 Å². The highest BCUT2D eigenvalue weighted by molar-refractivity contribution is 5.52. The quantitative estimate of drug-likeness (QED) is 0.718. The number of hydrogen-bond acceptors (Lipinski definition) is 3. The first-order valence-corrected chi connectivity index (χ1v) is 7.18. The molecule has 0 aromatic carbocycles. The maximum Gasteiger partial charge on any atom is 0.258 e. The average Bonchev–Trinajstić information content (AvgIpc) is 2.44. The molecule has 0 N–H and O–H groups in total. The lowest BCUT2D eigenvalue weighted by molar-refractivity contribution is 0.676. The van der Waals surface area contributed by atoms with E-state index >= 15 is 0 Å². The second-order valence-electron chi connectivity index (χ2n) is 4.87. The molecule has 0 fully saturated rings. The smallest absolute Gasteiger partial charge is 0.258 e. The van der Waals surface area contributed by atoms with Gasteiger partial charge in [0.05, 0.1) is 5.69 Å². The number of aromatic nitrogens is 2. The Balaban J connectivity index is 3.37. The van der Waals surface area contributed by atoms with E-state index in [4.69, 9.17) is 0 Å². The van der Waals surface area contributed by atoms with Crippen LogP contribution in [0.5, 0.6) is 0 Å². The average molecular weight is 275 g/mol. The predicted octanol–water partition coefficient (Wildman–Crippen LogP) is 2.91. The molecule has 0 aliphatic carbocycles. The second-order valence-corrected chi connectivity index (χ2v) is 4.87. The van der Waals surface area contributed by atoms with E-state index in [9.17, 15) is 4.79 Å². The third kappa shape index (κ3) is 3.59. The first kappa shape index (κ1) is 16.2. The summed E-state index contributed by atoms with van der Waals surface area (Å²) in [6.45, 7) is 11.5. The van der Waals surface area contributed by atoms with Gasteiger partial charge < -0.3 is 4.90 Å². The fraction of sp³-hybridized carbons (Fsp3) is 0.500. The molecule has 0 radical (unpaired) electrons. The summed E-state index contributed by atoms with van der Waals surface area (Å²) in [5.74, 6) is 0.744. The molecule has 0 bridgehead atoms. The number of nitrogens with zero attached hydrogens (tertiary/aromatic N) is 3. The van der Waals surface area contributed by atoms with Gasteiger partial charge in [0.15, 0.2) is 0 Å². The molecule has 0 unspecified atom stereocenters. The summed E-state index contributed by atoms with van der Waals surface area (Å²) in [6.07, 6.45) is 7.39. The number of allylic oxidation sites excluding steroid dienone is 2. The van der Waals surface area contributed by atoms with Crippen molar-refractivity contribution in [2.45, 2.75) is 33.6 Å². The van der Waals surface area contributed by atoms with Crippen LogP contribution in [-0.2, 0) is 7.05 Å². The molecular weight excluding hydrogens is 250 g/mol. The minimum Gasteiger partial charge on any atom is -0.342 e. The largest absolute Gasteiger partial charge is 0.342 e. The van der Waals surface area contributed by atoms with Crippen LogP contribution in [0.3, 0.4) is 0 Å². The van der Waals surface area contributed by atoms with Gasteiger partial charge in [0, 0.05) is 25.7 Å². The van der Waals surface area contributed by atoms with Crippen LogP contribution in [-0.4, -0.2) is 22.6 Å². The van der Waals surface area contributed by atoms with E-state index in [0.29, 0.717) is 5.56 Å². The number of anilines is 1. The minimum absolute atomic E-state index is 0.0101. The summed E-state index contributed by atoms with van der Waals surface area (Å²) in [4.78, 5) is 19.2. The predicted molar refractivity (Wildman–Crippen MR) is 86.2 cm³/mol. The highest BCUT2D eigenvalue weighted by atomic mass is 16.1. The van der Waals surface area contributed by atoms with Crippen molar-refractivity contribution in [2.24, 2.45) is 7.05 Å². The maximum absolute atomic E-state index is 12.3. The van der Waals surface area contributed by atoms with Crippen LogP contribution < -0.4 is 10.5 Å². The lowest BCUT2D eigenvalue weighted by atomic mass is 10.2. The van der Waals surface area contributed by atoms with Crippen molar-refractivity contribution in [2.75, 3.05) is 18.0 Å². The topological polar surface area (TPSA) is 38.1 Å². The molecule has 4 heteroatoms. The summed E-state index contributed by atoms with van der Waals surface area (Å²) in [6, 6.07) is 0. The molecule has 1 rings (SSSR count). The molecule has 1 aromatic heterocycles. The molecule has 0 amide bonds. The van der Waals surface area contributed by atoms with Crippen molar-refractivity contribution in [1.29, 1.82) is 0 Å². The molecule has 0 spiro atoms. The van der Waals surface area contributed by atoms with E-state index < -0.39 is 0 Å². The Bertz CT molecular complexity index is 537. The number of rotatable bonds is 7. The van der Waals surface area contributed by atoms with Crippen LogP contribution in [0.4, 0.5) is 5.95 Å². The van der Waals surface area contributed by atoms with Gasteiger partial charge >= 0.3 is 0 Å². The van der Waals surface area contributed by atoms with Crippen LogP contribution in [0.25, 0.3) is 6.08 Å². The first-order chi connectivity index (χ1) is 9.56. The van der Waals surface area contributed by atoms with Crippen molar-refractivity contribution in [3.8, 4) is 0 Å². The zero-order valence-electron chi connectivity index (χ0n) is 13.0. The molecule has 4 nitrogen and oxygen atoms in total. The van der Waals surface area contributed by atoms with Gasteiger partial charge in [-0.15, -0.1) is 0 Å². The Morgan fingerprint density at radius 1 is 1.30 bits per heavy atom. The highest BCUT2D eigenvalue weighted by Gasteiger charge is 2.14. The summed E-state index contributed by atoms with van der Waals surface area (Å²) in [5, 5.41) is 0. The van der Waals surface area contributed by atoms with Gasteiger partial charge in [-0.1, -0.05) is 32.6 Å². The normalized spacial score (nSPS) is 11.0. The van der Waals surface area contributed by atoms with Crippen LogP contribution in [0.2, 0.25) is 0 Å². The zero-order chi connectivity index (χ0) is 15.1. The van der Waals surface area contributed by atoms with Gasteiger partial charge in [-0.3, -0.25) is 9.36 Å². The van der Waals surface area contributed by atoms with Crippen molar-refractivity contribution in [3.05, 3.63) is 40.3 Å². The standard InChI is InChI=1S/C16H25N3O/c1-6-9-10-14-13(4)15(20)18(5)16(17-14)19(11-7-2)12-8-3/h6,9-10H,1,7-8,11-12H2,2-5H3/b10-9-. The molecule has 0 aliphatic rings. The van der Waals surface area contributed by atoms with Crippen LogP contribution in [0.1, 0.15) is 37.9 Å². The van der Waals surface area contributed by atoms with Gasteiger partial charge in [0.25, 0.3) is 5.56 Å². The summed E-state index contributed by atoms with van der Waals surface area (Å²) in [7, 11) is 1.79. The van der Waals surface area contributed by atoms with Gasteiger partial charge in [-0.2, -0.15) is 0 Å². The third-order valence-electron chi connectivity index (χ3n) is 3.19.